The fourth-order valence-corrected chi connectivity index (χ4v) is 1.78. The van der Waals surface area contributed by atoms with Crippen LogP contribution in [0, 0.1) is 6.92 Å². The molecule has 0 bridgehead atoms. The van der Waals surface area contributed by atoms with Crippen LogP contribution in [-0.2, 0) is 4.79 Å². The molecule has 7 heteroatoms. The van der Waals surface area contributed by atoms with Crippen LogP contribution < -0.4 is 4.74 Å². The minimum Gasteiger partial charge on any atom is -0.481 e. The second-order valence-corrected chi connectivity index (χ2v) is 5.20. The Hall–Kier alpha value is -1.43. The number of rotatable bonds is 5. The molecule has 0 aliphatic carbocycles. The number of halogens is 4. The molecular formula is C14H17ClF3NO2. The number of carbonyl (C=O) groups is 1. The van der Waals surface area contributed by atoms with E-state index in [0.717, 1.165) is 10.5 Å². The average molecular weight is 324 g/mol. The van der Waals surface area contributed by atoms with Gasteiger partial charge < -0.3 is 9.64 Å². The monoisotopic (exact) mass is 323 g/mol. The van der Waals surface area contributed by atoms with Crippen molar-refractivity contribution in [2.75, 3.05) is 13.6 Å². The Bertz CT molecular complexity index is 505. The van der Waals surface area contributed by atoms with E-state index in [2.05, 4.69) is 0 Å². The van der Waals surface area contributed by atoms with E-state index in [1.165, 1.54) is 14.0 Å². The quantitative estimate of drug-likeness (QED) is 0.824. The van der Waals surface area contributed by atoms with Gasteiger partial charge in [0.15, 0.2) is 6.10 Å². The predicted octanol–water partition coefficient (Wildman–Crippen LogP) is 3.83. The van der Waals surface area contributed by atoms with Crippen molar-refractivity contribution in [1.29, 1.82) is 0 Å². The van der Waals surface area contributed by atoms with Crippen molar-refractivity contribution in [1.82, 2.24) is 4.90 Å². The van der Waals surface area contributed by atoms with Gasteiger partial charge in [-0.15, -0.1) is 0 Å². The summed E-state index contributed by atoms with van der Waals surface area (Å²) in [5.74, 6) is -0.0613. The van der Waals surface area contributed by atoms with Gasteiger partial charge in [0.2, 0.25) is 0 Å². The summed E-state index contributed by atoms with van der Waals surface area (Å²) in [6.45, 7) is 2.89. The Balaban J connectivity index is 2.59. The van der Waals surface area contributed by atoms with Crippen molar-refractivity contribution in [3.63, 3.8) is 0 Å². The third-order valence-corrected chi connectivity index (χ3v) is 3.32. The molecule has 0 radical (unpaired) electrons. The summed E-state index contributed by atoms with van der Waals surface area (Å²) in [6.07, 6.45) is -6.20. The molecule has 118 valence electrons. The number of carbonyl (C=O) groups excluding carboxylic acids is 1. The lowest BCUT2D eigenvalue weighted by molar-refractivity contribution is -0.147. The lowest BCUT2D eigenvalue weighted by Gasteiger charge is -2.22. The zero-order chi connectivity index (χ0) is 16.2. The molecule has 0 saturated heterocycles. The molecule has 0 N–H and O–H groups in total. The smallest absolute Gasteiger partial charge is 0.390 e. The van der Waals surface area contributed by atoms with Crippen LogP contribution >= 0.6 is 11.6 Å². The molecule has 0 heterocycles. The first-order valence-corrected chi connectivity index (χ1v) is 6.72. The predicted molar refractivity (Wildman–Crippen MR) is 74.6 cm³/mol. The third kappa shape index (κ3) is 5.83. The Kier molecular flexibility index (Phi) is 5.89. The van der Waals surface area contributed by atoms with E-state index in [0.29, 0.717) is 10.8 Å². The van der Waals surface area contributed by atoms with Crippen molar-refractivity contribution >= 4 is 17.5 Å². The van der Waals surface area contributed by atoms with Gasteiger partial charge in [0.25, 0.3) is 5.91 Å². The third-order valence-electron chi connectivity index (χ3n) is 2.90. The van der Waals surface area contributed by atoms with Crippen molar-refractivity contribution in [3.8, 4) is 5.75 Å². The minimum atomic E-state index is -4.29. The van der Waals surface area contributed by atoms with Gasteiger partial charge in [-0.1, -0.05) is 11.6 Å². The highest BCUT2D eigenvalue weighted by atomic mass is 35.5. The summed E-state index contributed by atoms with van der Waals surface area (Å²) in [4.78, 5) is 12.9. The molecule has 0 fully saturated rings. The average Bonchev–Trinajstić information content (AvgIpc) is 2.38. The fraction of sp³-hybridized carbons (Fsp3) is 0.500. The van der Waals surface area contributed by atoms with E-state index in [1.54, 1.807) is 25.1 Å². The van der Waals surface area contributed by atoms with E-state index in [1.807, 2.05) is 0 Å². The minimum absolute atomic E-state index is 0.393. The molecular weight excluding hydrogens is 307 g/mol. The molecule has 1 aromatic carbocycles. The van der Waals surface area contributed by atoms with Crippen molar-refractivity contribution in [2.45, 2.75) is 32.5 Å². The highest BCUT2D eigenvalue weighted by Crippen LogP contribution is 2.23. The molecule has 0 aliphatic heterocycles. The molecule has 1 rings (SSSR count). The second-order valence-electron chi connectivity index (χ2n) is 4.80. The first-order valence-electron chi connectivity index (χ1n) is 6.34. The number of nitrogens with zero attached hydrogens (tertiary/aromatic N) is 1. The van der Waals surface area contributed by atoms with Crippen LogP contribution in [0.15, 0.2) is 18.2 Å². The first kappa shape index (κ1) is 17.6. The fourth-order valence-electron chi connectivity index (χ4n) is 1.66. The molecule has 1 atom stereocenters. The largest absolute Gasteiger partial charge is 0.481 e. The summed E-state index contributed by atoms with van der Waals surface area (Å²) in [6, 6.07) is 4.91. The number of hydrogen-bond acceptors (Lipinski definition) is 2. The SMILES string of the molecule is Cc1cc(OC(C)C(=O)N(C)CCC(F)(F)F)ccc1Cl. The van der Waals surface area contributed by atoms with Gasteiger partial charge in [-0.2, -0.15) is 13.2 Å². The summed E-state index contributed by atoms with van der Waals surface area (Å²) in [7, 11) is 1.32. The Morgan fingerprint density at radius 3 is 2.57 bits per heavy atom. The van der Waals surface area contributed by atoms with Crippen LogP contribution in [0.3, 0.4) is 0 Å². The maximum atomic E-state index is 12.1. The van der Waals surface area contributed by atoms with Crippen LogP contribution in [0.4, 0.5) is 13.2 Å². The number of ether oxygens (including phenoxy) is 1. The zero-order valence-electron chi connectivity index (χ0n) is 12.0. The van der Waals surface area contributed by atoms with Gasteiger partial charge >= 0.3 is 6.18 Å². The standard InChI is InChI=1S/C14H17ClF3NO2/c1-9-8-11(4-5-12(9)15)21-10(2)13(20)19(3)7-6-14(16,17)18/h4-5,8,10H,6-7H2,1-3H3. The zero-order valence-corrected chi connectivity index (χ0v) is 12.8. The lowest BCUT2D eigenvalue weighted by Crippen LogP contribution is -2.39. The van der Waals surface area contributed by atoms with Gasteiger partial charge in [-0.25, -0.2) is 0 Å². The molecule has 1 aromatic rings. The summed E-state index contributed by atoms with van der Waals surface area (Å²) in [5, 5.41) is 0.573. The van der Waals surface area contributed by atoms with Crippen LogP contribution in [-0.4, -0.2) is 36.7 Å². The Morgan fingerprint density at radius 1 is 1.43 bits per heavy atom. The van der Waals surface area contributed by atoms with Crippen LogP contribution in [0.5, 0.6) is 5.75 Å². The molecule has 1 unspecified atom stereocenters. The van der Waals surface area contributed by atoms with Crippen molar-refractivity contribution < 1.29 is 22.7 Å². The van der Waals surface area contributed by atoms with E-state index >= 15 is 0 Å². The van der Waals surface area contributed by atoms with E-state index in [-0.39, 0.29) is 0 Å². The van der Waals surface area contributed by atoms with Crippen LogP contribution in [0.25, 0.3) is 0 Å². The summed E-state index contributed by atoms with van der Waals surface area (Å²) in [5.41, 5.74) is 0.791. The van der Waals surface area contributed by atoms with Crippen LogP contribution in [0.2, 0.25) is 5.02 Å². The molecule has 0 spiro atoms. The van der Waals surface area contributed by atoms with Crippen molar-refractivity contribution in [2.24, 2.45) is 0 Å². The summed E-state index contributed by atoms with van der Waals surface area (Å²) >= 11 is 5.88. The maximum absolute atomic E-state index is 12.1. The Morgan fingerprint density at radius 2 is 2.05 bits per heavy atom. The molecule has 0 saturated carbocycles. The van der Waals surface area contributed by atoms with Gasteiger partial charge in [-0.3, -0.25) is 4.79 Å². The highest BCUT2D eigenvalue weighted by molar-refractivity contribution is 6.31. The maximum Gasteiger partial charge on any atom is 0.390 e. The highest BCUT2D eigenvalue weighted by Gasteiger charge is 2.29. The van der Waals surface area contributed by atoms with E-state index in [4.69, 9.17) is 16.3 Å². The molecule has 1 amide bonds. The molecule has 21 heavy (non-hydrogen) atoms. The Labute approximate surface area is 126 Å². The van der Waals surface area contributed by atoms with Gasteiger partial charge in [-0.05, 0) is 37.6 Å². The number of amides is 1. The number of hydrogen-bond donors (Lipinski definition) is 0. The van der Waals surface area contributed by atoms with E-state index < -0.39 is 31.2 Å². The van der Waals surface area contributed by atoms with E-state index in [9.17, 15) is 18.0 Å². The number of likely N-dealkylation sites (N-methyl/N-ethyl adjacent to an activating group) is 1. The second kappa shape index (κ2) is 7.02. The molecule has 0 aliphatic rings. The van der Waals surface area contributed by atoms with Crippen LogP contribution in [0.1, 0.15) is 18.9 Å². The number of benzene rings is 1. The lowest BCUT2D eigenvalue weighted by atomic mass is 10.2. The number of aryl methyl sites for hydroxylation is 1. The van der Waals surface area contributed by atoms with Gasteiger partial charge in [0.1, 0.15) is 5.75 Å². The first-order chi connectivity index (χ1) is 9.60. The molecule has 3 nitrogen and oxygen atoms in total. The topological polar surface area (TPSA) is 29.5 Å². The summed E-state index contributed by atoms with van der Waals surface area (Å²) < 4.78 is 41.8. The number of alkyl halides is 3. The normalized spacial score (nSPS) is 12.9. The van der Waals surface area contributed by atoms with Gasteiger partial charge in [0, 0.05) is 18.6 Å². The van der Waals surface area contributed by atoms with Gasteiger partial charge in [0.05, 0.1) is 6.42 Å². The molecule has 0 aromatic heterocycles. The van der Waals surface area contributed by atoms with Crippen molar-refractivity contribution in [3.05, 3.63) is 28.8 Å².